The Morgan fingerprint density at radius 3 is 2.81 bits per heavy atom. The lowest BCUT2D eigenvalue weighted by molar-refractivity contribution is 0.573. The van der Waals surface area contributed by atoms with Crippen molar-refractivity contribution in [3.8, 4) is 6.07 Å². The molecule has 1 aliphatic carbocycles. The van der Waals surface area contributed by atoms with E-state index in [9.17, 15) is 0 Å². The minimum Gasteiger partial charge on any atom is -0.369 e. The first-order chi connectivity index (χ1) is 7.53. The third-order valence-electron chi connectivity index (χ3n) is 3.39. The number of anilines is 1. The van der Waals surface area contributed by atoms with Crippen molar-refractivity contribution in [2.75, 3.05) is 11.9 Å². The van der Waals surface area contributed by atoms with Gasteiger partial charge in [-0.3, -0.25) is 0 Å². The van der Waals surface area contributed by atoms with Crippen molar-refractivity contribution in [2.24, 2.45) is 11.3 Å². The third-order valence-corrected chi connectivity index (χ3v) is 3.39. The maximum atomic E-state index is 8.96. The molecule has 0 saturated heterocycles. The highest BCUT2D eigenvalue weighted by molar-refractivity contribution is 5.52. The minimum atomic E-state index is 0.462. The fourth-order valence-electron chi connectivity index (χ4n) is 1.93. The van der Waals surface area contributed by atoms with Gasteiger partial charge in [-0.25, -0.2) is 4.98 Å². The molecule has 0 amide bonds. The molecule has 0 aliphatic heterocycles. The molecule has 0 aromatic carbocycles. The molecule has 1 N–H and O–H groups in total. The second-order valence-electron chi connectivity index (χ2n) is 5.23. The number of nitriles is 1. The summed E-state index contributed by atoms with van der Waals surface area (Å²) in [5, 5.41) is 12.3. The topological polar surface area (TPSA) is 48.7 Å². The van der Waals surface area contributed by atoms with Crippen LogP contribution in [0.1, 0.15) is 31.5 Å². The number of aromatic nitrogens is 1. The average molecular weight is 215 g/mol. The monoisotopic (exact) mass is 215 g/mol. The van der Waals surface area contributed by atoms with E-state index in [4.69, 9.17) is 5.26 Å². The lowest BCUT2D eigenvalue weighted by Crippen LogP contribution is -2.10. The van der Waals surface area contributed by atoms with E-state index in [0.717, 1.165) is 18.1 Å². The molecule has 16 heavy (non-hydrogen) atoms. The molecule has 1 aromatic heterocycles. The van der Waals surface area contributed by atoms with Gasteiger partial charge in [-0.1, -0.05) is 13.8 Å². The van der Waals surface area contributed by atoms with Gasteiger partial charge < -0.3 is 5.32 Å². The lowest BCUT2D eigenvalue weighted by atomic mass is 10.1. The molecule has 1 unspecified atom stereocenters. The van der Waals surface area contributed by atoms with E-state index in [1.165, 1.54) is 6.42 Å². The van der Waals surface area contributed by atoms with Gasteiger partial charge in [0.2, 0.25) is 0 Å². The zero-order valence-electron chi connectivity index (χ0n) is 10.0. The minimum absolute atomic E-state index is 0.462. The first-order valence-electron chi connectivity index (χ1n) is 5.64. The summed E-state index contributed by atoms with van der Waals surface area (Å²) in [5.74, 6) is 1.44. The van der Waals surface area contributed by atoms with Crippen LogP contribution in [-0.4, -0.2) is 11.5 Å². The normalized spacial score (nSPS) is 21.2. The first kappa shape index (κ1) is 10.9. The van der Waals surface area contributed by atoms with Crippen molar-refractivity contribution in [3.63, 3.8) is 0 Å². The van der Waals surface area contributed by atoms with Crippen LogP contribution in [0.4, 0.5) is 5.82 Å². The Morgan fingerprint density at radius 1 is 1.56 bits per heavy atom. The van der Waals surface area contributed by atoms with E-state index >= 15 is 0 Å². The van der Waals surface area contributed by atoms with Crippen LogP contribution >= 0.6 is 0 Å². The summed E-state index contributed by atoms with van der Waals surface area (Å²) in [4.78, 5) is 4.36. The van der Waals surface area contributed by atoms with Gasteiger partial charge in [0.25, 0.3) is 0 Å². The van der Waals surface area contributed by atoms with Gasteiger partial charge in [-0.2, -0.15) is 5.26 Å². The maximum absolute atomic E-state index is 8.96. The second-order valence-corrected chi connectivity index (χ2v) is 5.23. The summed E-state index contributed by atoms with van der Waals surface area (Å²) >= 11 is 0. The third kappa shape index (κ3) is 2.16. The van der Waals surface area contributed by atoms with Crippen molar-refractivity contribution in [3.05, 3.63) is 23.4 Å². The Bertz CT molecular complexity index is 443. The van der Waals surface area contributed by atoms with Gasteiger partial charge in [-0.05, 0) is 36.8 Å². The van der Waals surface area contributed by atoms with Gasteiger partial charge in [0.05, 0.1) is 5.56 Å². The van der Waals surface area contributed by atoms with Crippen LogP contribution < -0.4 is 5.32 Å². The Labute approximate surface area is 96.5 Å². The highest BCUT2D eigenvalue weighted by Crippen LogP contribution is 2.51. The number of hydrogen-bond acceptors (Lipinski definition) is 3. The average Bonchev–Trinajstić information content (AvgIpc) is 2.84. The predicted molar refractivity (Wildman–Crippen MR) is 64.1 cm³/mol. The molecule has 3 nitrogen and oxygen atoms in total. The van der Waals surface area contributed by atoms with Crippen LogP contribution in [0.3, 0.4) is 0 Å². The fraction of sp³-hybridized carbons (Fsp3) is 0.538. The Hall–Kier alpha value is -1.56. The standard InChI is InChI=1S/C13H17N3/c1-9-4-5-10(7-14)12(16-9)15-8-11-6-13(11,2)3/h4-5,11H,6,8H2,1-3H3,(H,15,16). The summed E-state index contributed by atoms with van der Waals surface area (Å²) in [6.45, 7) is 7.40. The molecule has 1 aliphatic rings. The van der Waals surface area contributed by atoms with Gasteiger partial charge in [0.1, 0.15) is 11.9 Å². The van der Waals surface area contributed by atoms with Crippen LogP contribution in [0.5, 0.6) is 0 Å². The lowest BCUT2D eigenvalue weighted by Gasteiger charge is -2.08. The van der Waals surface area contributed by atoms with Crippen LogP contribution in [0.2, 0.25) is 0 Å². The summed E-state index contributed by atoms with van der Waals surface area (Å²) in [7, 11) is 0. The molecule has 1 heterocycles. The highest BCUT2D eigenvalue weighted by Gasteiger charge is 2.45. The second kappa shape index (κ2) is 3.79. The molecule has 2 rings (SSSR count). The molecule has 0 bridgehead atoms. The number of pyridine rings is 1. The van der Waals surface area contributed by atoms with Gasteiger partial charge in [0.15, 0.2) is 0 Å². The van der Waals surface area contributed by atoms with E-state index in [-0.39, 0.29) is 0 Å². The number of aryl methyl sites for hydroxylation is 1. The Morgan fingerprint density at radius 2 is 2.25 bits per heavy atom. The Balaban J connectivity index is 2.04. The fourth-order valence-corrected chi connectivity index (χ4v) is 1.93. The largest absolute Gasteiger partial charge is 0.369 e. The van der Waals surface area contributed by atoms with E-state index in [1.807, 2.05) is 19.1 Å². The number of nitrogens with one attached hydrogen (secondary N) is 1. The molecule has 0 spiro atoms. The molecule has 1 fully saturated rings. The summed E-state index contributed by atoms with van der Waals surface area (Å²) in [6.07, 6.45) is 1.26. The van der Waals surface area contributed by atoms with E-state index < -0.39 is 0 Å². The van der Waals surface area contributed by atoms with Crippen molar-refractivity contribution in [2.45, 2.75) is 27.2 Å². The zero-order chi connectivity index (χ0) is 11.8. The smallest absolute Gasteiger partial charge is 0.144 e. The van der Waals surface area contributed by atoms with Gasteiger partial charge >= 0.3 is 0 Å². The molecule has 1 saturated carbocycles. The van der Waals surface area contributed by atoms with Crippen molar-refractivity contribution >= 4 is 5.82 Å². The van der Waals surface area contributed by atoms with Crippen molar-refractivity contribution in [1.82, 2.24) is 4.98 Å². The summed E-state index contributed by atoms with van der Waals surface area (Å²) in [6, 6.07) is 5.85. The van der Waals surface area contributed by atoms with Crippen LogP contribution in [0, 0.1) is 29.6 Å². The summed E-state index contributed by atoms with van der Waals surface area (Å²) < 4.78 is 0. The number of nitrogens with zero attached hydrogens (tertiary/aromatic N) is 2. The van der Waals surface area contributed by atoms with Gasteiger partial charge in [-0.15, -0.1) is 0 Å². The van der Waals surface area contributed by atoms with Crippen LogP contribution in [0.25, 0.3) is 0 Å². The predicted octanol–water partition coefficient (Wildman–Crippen LogP) is 2.72. The molecular weight excluding hydrogens is 198 g/mol. The van der Waals surface area contributed by atoms with E-state index in [1.54, 1.807) is 0 Å². The van der Waals surface area contributed by atoms with E-state index in [0.29, 0.717) is 16.9 Å². The first-order valence-corrected chi connectivity index (χ1v) is 5.64. The number of rotatable bonds is 3. The quantitative estimate of drug-likeness (QED) is 0.843. The molecule has 1 aromatic rings. The number of hydrogen-bond donors (Lipinski definition) is 1. The highest BCUT2D eigenvalue weighted by atomic mass is 15.0. The molecule has 84 valence electrons. The summed E-state index contributed by atoms with van der Waals surface area (Å²) in [5.41, 5.74) is 2.03. The SMILES string of the molecule is Cc1ccc(C#N)c(NCC2CC2(C)C)n1. The molecule has 1 atom stereocenters. The molecule has 0 radical (unpaired) electrons. The van der Waals surface area contributed by atoms with Crippen molar-refractivity contribution < 1.29 is 0 Å². The molecule has 3 heteroatoms. The zero-order valence-corrected chi connectivity index (χ0v) is 10.0. The van der Waals surface area contributed by atoms with Crippen LogP contribution in [0.15, 0.2) is 12.1 Å². The van der Waals surface area contributed by atoms with Crippen LogP contribution in [-0.2, 0) is 0 Å². The Kier molecular flexibility index (Phi) is 2.59. The maximum Gasteiger partial charge on any atom is 0.144 e. The van der Waals surface area contributed by atoms with Gasteiger partial charge in [0, 0.05) is 12.2 Å². The van der Waals surface area contributed by atoms with E-state index in [2.05, 4.69) is 30.2 Å². The van der Waals surface area contributed by atoms with Crippen molar-refractivity contribution in [1.29, 1.82) is 5.26 Å². The molecular formula is C13H17N3.